The van der Waals surface area contributed by atoms with Gasteiger partial charge in [0.1, 0.15) is 5.82 Å². The molecule has 0 atom stereocenters. The Morgan fingerprint density at radius 2 is 1.92 bits per heavy atom. The summed E-state index contributed by atoms with van der Waals surface area (Å²) in [6, 6.07) is 6.68. The number of hydrogen-bond acceptors (Lipinski definition) is 3. The molecule has 0 aromatic heterocycles. The molecule has 0 aliphatic rings. The van der Waals surface area contributed by atoms with Crippen LogP contribution in [-0.4, -0.2) is 32.1 Å². The second kappa shape index (κ2) is 12.3. The number of aliphatic imine (C=N–C) groups is 1. The van der Waals surface area contributed by atoms with E-state index < -0.39 is 0 Å². The van der Waals surface area contributed by atoms with Gasteiger partial charge in [-0.25, -0.2) is 4.39 Å². The van der Waals surface area contributed by atoms with Gasteiger partial charge in [0.2, 0.25) is 0 Å². The number of nitrogens with zero attached hydrogens (tertiary/aromatic N) is 1. The highest BCUT2D eigenvalue weighted by molar-refractivity contribution is 5.79. The molecule has 1 aromatic carbocycles. The second-order valence-electron chi connectivity index (χ2n) is 5.41. The molecule has 0 amide bonds. The molecule has 0 aliphatic heterocycles. The van der Waals surface area contributed by atoms with Crippen LogP contribution in [0.2, 0.25) is 0 Å². The molecule has 0 unspecified atom stereocenters. The summed E-state index contributed by atoms with van der Waals surface area (Å²) in [6.07, 6.45) is 4.38. The summed E-state index contributed by atoms with van der Waals surface area (Å²) in [4.78, 5) is 15.3. The standard InChI is InChI=1S/C18H28FN3O2/c1-3-24-17(23)12-6-4-5-9-13-21-18(20-2)22-14-15-10-7-8-11-16(15)19/h7-8,10-11H,3-6,9,12-14H2,1-2H3,(H2,20,21,22). The maximum atomic E-state index is 13.5. The Hall–Kier alpha value is -2.11. The molecule has 0 spiro atoms. The molecule has 0 bridgehead atoms. The van der Waals surface area contributed by atoms with Crippen LogP contribution in [0.1, 0.15) is 44.6 Å². The fourth-order valence-corrected chi connectivity index (χ4v) is 2.23. The first-order chi connectivity index (χ1) is 11.7. The van der Waals surface area contributed by atoms with E-state index in [4.69, 9.17) is 4.74 Å². The molecular formula is C18H28FN3O2. The molecule has 134 valence electrons. The van der Waals surface area contributed by atoms with Crippen LogP contribution in [0.5, 0.6) is 0 Å². The summed E-state index contributed by atoms with van der Waals surface area (Å²) < 4.78 is 18.4. The van der Waals surface area contributed by atoms with Crippen molar-refractivity contribution in [1.82, 2.24) is 10.6 Å². The van der Waals surface area contributed by atoms with Crippen molar-refractivity contribution < 1.29 is 13.9 Å². The number of benzene rings is 1. The fourth-order valence-electron chi connectivity index (χ4n) is 2.23. The average Bonchev–Trinajstić information content (AvgIpc) is 2.58. The number of guanidine groups is 1. The number of ether oxygens (including phenoxy) is 1. The smallest absolute Gasteiger partial charge is 0.305 e. The number of rotatable bonds is 10. The van der Waals surface area contributed by atoms with Crippen molar-refractivity contribution in [2.45, 2.75) is 45.6 Å². The largest absolute Gasteiger partial charge is 0.466 e. The van der Waals surface area contributed by atoms with Crippen LogP contribution < -0.4 is 10.6 Å². The molecule has 0 saturated carbocycles. The number of carbonyl (C=O) groups is 1. The van der Waals surface area contributed by atoms with E-state index in [-0.39, 0.29) is 11.8 Å². The van der Waals surface area contributed by atoms with Crippen LogP contribution in [0.4, 0.5) is 4.39 Å². The highest BCUT2D eigenvalue weighted by Crippen LogP contribution is 2.05. The van der Waals surface area contributed by atoms with E-state index in [9.17, 15) is 9.18 Å². The topological polar surface area (TPSA) is 62.7 Å². The van der Waals surface area contributed by atoms with E-state index in [0.717, 1.165) is 32.2 Å². The molecule has 1 rings (SSSR count). The summed E-state index contributed by atoms with van der Waals surface area (Å²) in [5.74, 6) is 0.320. The molecule has 2 N–H and O–H groups in total. The van der Waals surface area contributed by atoms with Crippen molar-refractivity contribution in [2.24, 2.45) is 4.99 Å². The molecule has 0 heterocycles. The lowest BCUT2D eigenvalue weighted by molar-refractivity contribution is -0.143. The molecule has 24 heavy (non-hydrogen) atoms. The highest BCUT2D eigenvalue weighted by Gasteiger charge is 2.03. The third-order valence-electron chi connectivity index (χ3n) is 3.53. The quantitative estimate of drug-likeness (QED) is 0.298. The Kier molecular flexibility index (Phi) is 10.2. The van der Waals surface area contributed by atoms with Gasteiger partial charge in [-0.1, -0.05) is 31.0 Å². The Morgan fingerprint density at radius 3 is 2.62 bits per heavy atom. The van der Waals surface area contributed by atoms with Crippen LogP contribution in [0.15, 0.2) is 29.3 Å². The Balaban J connectivity index is 2.10. The first-order valence-electron chi connectivity index (χ1n) is 8.51. The number of halogens is 1. The zero-order chi connectivity index (χ0) is 17.6. The van der Waals surface area contributed by atoms with Crippen molar-refractivity contribution >= 4 is 11.9 Å². The van der Waals surface area contributed by atoms with Crippen LogP contribution in [0, 0.1) is 5.82 Å². The van der Waals surface area contributed by atoms with E-state index in [1.807, 2.05) is 13.0 Å². The predicted molar refractivity (Wildman–Crippen MR) is 94.3 cm³/mol. The van der Waals surface area contributed by atoms with E-state index in [1.165, 1.54) is 6.07 Å². The number of nitrogens with one attached hydrogen (secondary N) is 2. The number of unbranched alkanes of at least 4 members (excludes halogenated alkanes) is 3. The van der Waals surface area contributed by atoms with Gasteiger partial charge < -0.3 is 15.4 Å². The third kappa shape index (κ3) is 8.50. The molecule has 0 saturated heterocycles. The fraction of sp³-hybridized carbons (Fsp3) is 0.556. The second-order valence-corrected chi connectivity index (χ2v) is 5.41. The lowest BCUT2D eigenvalue weighted by Gasteiger charge is -2.12. The summed E-state index contributed by atoms with van der Waals surface area (Å²) in [5, 5.41) is 6.30. The molecule has 0 fully saturated rings. The van der Waals surface area contributed by atoms with Gasteiger partial charge in [-0.3, -0.25) is 9.79 Å². The van der Waals surface area contributed by atoms with Crippen molar-refractivity contribution in [2.75, 3.05) is 20.2 Å². The van der Waals surface area contributed by atoms with Gasteiger partial charge in [0.25, 0.3) is 0 Å². The first kappa shape index (κ1) is 19.9. The molecule has 1 aromatic rings. The molecule has 5 nitrogen and oxygen atoms in total. The van der Waals surface area contributed by atoms with E-state index >= 15 is 0 Å². The van der Waals surface area contributed by atoms with Gasteiger partial charge in [-0.15, -0.1) is 0 Å². The van der Waals surface area contributed by atoms with Crippen molar-refractivity contribution in [3.8, 4) is 0 Å². The normalized spacial score (nSPS) is 11.2. The lowest BCUT2D eigenvalue weighted by Crippen LogP contribution is -2.37. The van der Waals surface area contributed by atoms with Crippen LogP contribution in [0.25, 0.3) is 0 Å². The maximum Gasteiger partial charge on any atom is 0.305 e. The number of hydrogen-bond donors (Lipinski definition) is 2. The summed E-state index contributed by atoms with van der Waals surface area (Å²) >= 11 is 0. The van der Waals surface area contributed by atoms with Gasteiger partial charge in [0, 0.05) is 32.1 Å². The minimum Gasteiger partial charge on any atom is -0.466 e. The lowest BCUT2D eigenvalue weighted by atomic mass is 10.1. The van der Waals surface area contributed by atoms with Crippen LogP contribution in [-0.2, 0) is 16.1 Å². The predicted octanol–water partition coefficient (Wildman–Crippen LogP) is 3.00. The van der Waals surface area contributed by atoms with Crippen LogP contribution >= 0.6 is 0 Å². The van der Waals surface area contributed by atoms with Gasteiger partial charge >= 0.3 is 5.97 Å². The van der Waals surface area contributed by atoms with Gasteiger partial charge in [-0.2, -0.15) is 0 Å². The molecule has 6 heteroatoms. The Labute approximate surface area is 143 Å². The van der Waals surface area contributed by atoms with Gasteiger partial charge in [-0.05, 0) is 25.8 Å². The zero-order valence-electron chi connectivity index (χ0n) is 14.6. The van der Waals surface area contributed by atoms with Crippen molar-refractivity contribution in [3.05, 3.63) is 35.6 Å². The maximum absolute atomic E-state index is 13.5. The summed E-state index contributed by atoms with van der Waals surface area (Å²) in [6.45, 7) is 3.45. The monoisotopic (exact) mass is 337 g/mol. The third-order valence-corrected chi connectivity index (χ3v) is 3.53. The van der Waals surface area contributed by atoms with E-state index in [0.29, 0.717) is 31.1 Å². The van der Waals surface area contributed by atoms with Crippen molar-refractivity contribution in [3.63, 3.8) is 0 Å². The first-order valence-corrected chi connectivity index (χ1v) is 8.51. The average molecular weight is 337 g/mol. The number of esters is 1. The Morgan fingerprint density at radius 1 is 1.17 bits per heavy atom. The summed E-state index contributed by atoms with van der Waals surface area (Å²) in [7, 11) is 1.69. The van der Waals surface area contributed by atoms with E-state index in [1.54, 1.807) is 19.2 Å². The minimum atomic E-state index is -0.220. The number of carbonyl (C=O) groups excluding carboxylic acids is 1. The van der Waals surface area contributed by atoms with Crippen molar-refractivity contribution in [1.29, 1.82) is 0 Å². The molecule has 0 radical (unpaired) electrons. The molecule has 0 aliphatic carbocycles. The van der Waals surface area contributed by atoms with Crippen LogP contribution in [0.3, 0.4) is 0 Å². The summed E-state index contributed by atoms with van der Waals surface area (Å²) in [5.41, 5.74) is 0.611. The SMILES string of the molecule is CCOC(=O)CCCCCCNC(=NC)NCc1ccccc1F. The van der Waals surface area contributed by atoms with E-state index in [2.05, 4.69) is 15.6 Å². The molecular weight excluding hydrogens is 309 g/mol. The zero-order valence-corrected chi connectivity index (χ0v) is 14.6. The van der Waals surface area contributed by atoms with Gasteiger partial charge in [0.15, 0.2) is 5.96 Å². The highest BCUT2D eigenvalue weighted by atomic mass is 19.1. The minimum absolute atomic E-state index is 0.117. The Bertz CT molecular complexity index is 521. The van der Waals surface area contributed by atoms with Gasteiger partial charge in [0.05, 0.1) is 6.61 Å².